The molecule has 0 spiro atoms. The number of benzene rings is 1. The number of nitrogens with zero attached hydrogens (tertiary/aromatic N) is 1. The van der Waals surface area contributed by atoms with E-state index in [0.29, 0.717) is 11.6 Å². The molecule has 0 saturated carbocycles. The topological polar surface area (TPSA) is 47.9 Å². The third-order valence-corrected chi connectivity index (χ3v) is 2.65. The van der Waals surface area contributed by atoms with E-state index in [9.17, 15) is 4.79 Å². The Morgan fingerprint density at radius 3 is 2.89 bits per heavy atom. The highest BCUT2D eigenvalue weighted by atomic mass is 35.5. The first-order valence-corrected chi connectivity index (χ1v) is 6.13. The van der Waals surface area contributed by atoms with Crippen LogP contribution in [0, 0.1) is 0 Å². The minimum Gasteiger partial charge on any atom is -0.499 e. The summed E-state index contributed by atoms with van der Waals surface area (Å²) in [4.78, 5) is 15.4. The monoisotopic (exact) mass is 277 g/mol. The zero-order valence-electron chi connectivity index (χ0n) is 10.3. The Balaban J connectivity index is 2.12. The van der Waals surface area contributed by atoms with Crippen molar-refractivity contribution in [1.29, 1.82) is 0 Å². The van der Waals surface area contributed by atoms with E-state index in [1.165, 1.54) is 6.26 Å². The van der Waals surface area contributed by atoms with Gasteiger partial charge in [0.15, 0.2) is 5.70 Å². The fraction of sp³-hybridized carbons (Fsp3) is 0.143. The van der Waals surface area contributed by atoms with Crippen LogP contribution >= 0.6 is 11.6 Å². The van der Waals surface area contributed by atoms with Crippen LogP contribution in [-0.4, -0.2) is 18.5 Å². The molecule has 1 heterocycles. The van der Waals surface area contributed by atoms with Crippen LogP contribution in [0.25, 0.3) is 6.08 Å². The second kappa shape index (κ2) is 6.20. The summed E-state index contributed by atoms with van der Waals surface area (Å²) in [5.74, 6) is -0.303. The van der Waals surface area contributed by atoms with Gasteiger partial charge < -0.3 is 9.47 Å². The molecule has 1 aromatic rings. The molecule has 0 fully saturated rings. The van der Waals surface area contributed by atoms with Crippen LogP contribution < -0.4 is 0 Å². The number of carbonyl (C=O) groups excluding carboxylic acids is 1. The average Bonchev–Trinajstić information content (AvgIpc) is 2.76. The summed E-state index contributed by atoms with van der Waals surface area (Å²) in [6.07, 6.45) is 4.61. The molecule has 0 atom stereocenters. The van der Waals surface area contributed by atoms with E-state index in [2.05, 4.69) is 4.99 Å². The average molecular weight is 278 g/mol. The predicted molar refractivity (Wildman–Crippen MR) is 73.7 cm³/mol. The molecule has 0 amide bonds. The van der Waals surface area contributed by atoms with Crippen LogP contribution in [0.5, 0.6) is 0 Å². The quantitative estimate of drug-likeness (QED) is 0.482. The summed E-state index contributed by atoms with van der Waals surface area (Å²) in [6.45, 7) is 2.29. The number of ether oxygens (including phenoxy) is 2. The van der Waals surface area contributed by atoms with Crippen molar-refractivity contribution >= 4 is 29.5 Å². The number of hydrogen-bond donors (Lipinski definition) is 0. The molecule has 0 unspecified atom stereocenters. The first-order valence-electron chi connectivity index (χ1n) is 5.76. The Labute approximate surface area is 116 Å². The van der Waals surface area contributed by atoms with E-state index in [1.54, 1.807) is 18.2 Å². The van der Waals surface area contributed by atoms with Gasteiger partial charge in [-0.05, 0) is 24.6 Å². The largest absolute Gasteiger partial charge is 0.499 e. The minimum atomic E-state index is -0.521. The smallest absolute Gasteiger partial charge is 0.367 e. The summed E-state index contributed by atoms with van der Waals surface area (Å²) in [5, 5.41) is 0.619. The highest BCUT2D eigenvalue weighted by Gasteiger charge is 2.21. The third kappa shape index (κ3) is 3.45. The number of rotatable bonds is 4. The van der Waals surface area contributed by atoms with Gasteiger partial charge in [0.2, 0.25) is 5.90 Å². The Morgan fingerprint density at radius 1 is 1.37 bits per heavy atom. The van der Waals surface area contributed by atoms with E-state index in [4.69, 9.17) is 21.1 Å². The number of aliphatic imine (C=N–C) groups is 1. The molecule has 0 radical (unpaired) electrons. The molecule has 1 aliphatic rings. The standard InChI is InChI=1S/C14H12ClNO3/c1-2-18-9-12-14(17)19-13(16-12)8-7-10-5-3-4-6-11(10)15/h3-9H,2H2,1H3/b8-7+,12-9-. The number of halogens is 1. The Morgan fingerprint density at radius 2 is 2.16 bits per heavy atom. The molecule has 19 heavy (non-hydrogen) atoms. The Kier molecular flexibility index (Phi) is 4.36. The van der Waals surface area contributed by atoms with E-state index in [0.717, 1.165) is 5.56 Å². The summed E-state index contributed by atoms with van der Waals surface area (Å²) in [7, 11) is 0. The number of hydrogen-bond acceptors (Lipinski definition) is 4. The molecule has 5 heteroatoms. The SMILES string of the molecule is CCO/C=C1N=C(/C=C/c2ccccc2Cl)OC\1=O. The highest BCUT2D eigenvalue weighted by Crippen LogP contribution is 2.18. The highest BCUT2D eigenvalue weighted by molar-refractivity contribution is 6.32. The molecular weight excluding hydrogens is 266 g/mol. The molecule has 2 rings (SSSR count). The zero-order valence-corrected chi connectivity index (χ0v) is 11.1. The molecule has 1 aromatic carbocycles. The molecule has 1 aliphatic heterocycles. The van der Waals surface area contributed by atoms with Gasteiger partial charge in [-0.2, -0.15) is 0 Å². The van der Waals surface area contributed by atoms with Gasteiger partial charge >= 0.3 is 5.97 Å². The van der Waals surface area contributed by atoms with Crippen LogP contribution in [0.1, 0.15) is 12.5 Å². The second-order valence-electron chi connectivity index (χ2n) is 3.65. The maximum absolute atomic E-state index is 11.4. The molecule has 4 nitrogen and oxygen atoms in total. The fourth-order valence-electron chi connectivity index (χ4n) is 1.41. The minimum absolute atomic E-state index is 0.153. The lowest BCUT2D eigenvalue weighted by Crippen LogP contribution is -2.01. The Hall–Kier alpha value is -2.07. The molecule has 98 valence electrons. The lowest BCUT2D eigenvalue weighted by Gasteiger charge is -1.96. The van der Waals surface area contributed by atoms with Crippen molar-refractivity contribution in [3.05, 3.63) is 52.9 Å². The maximum Gasteiger partial charge on any atom is 0.367 e. The van der Waals surface area contributed by atoms with Crippen molar-refractivity contribution in [2.45, 2.75) is 6.92 Å². The molecule has 0 bridgehead atoms. The van der Waals surface area contributed by atoms with Crippen molar-refractivity contribution in [2.24, 2.45) is 4.99 Å². The number of esters is 1. The third-order valence-electron chi connectivity index (χ3n) is 2.31. The van der Waals surface area contributed by atoms with Crippen LogP contribution in [-0.2, 0) is 14.3 Å². The summed E-state index contributed by atoms with van der Waals surface area (Å²) >= 11 is 6.01. The van der Waals surface area contributed by atoms with E-state index in [-0.39, 0.29) is 11.6 Å². The number of carbonyl (C=O) groups is 1. The molecule has 0 aliphatic carbocycles. The van der Waals surface area contributed by atoms with Gasteiger partial charge in [-0.3, -0.25) is 0 Å². The van der Waals surface area contributed by atoms with Crippen LogP contribution in [0.2, 0.25) is 5.02 Å². The molecule has 0 saturated heterocycles. The maximum atomic E-state index is 11.4. The van der Waals surface area contributed by atoms with Crippen LogP contribution in [0.15, 0.2) is 47.3 Å². The molecular formula is C14H12ClNO3. The normalized spacial score (nSPS) is 16.8. The summed E-state index contributed by atoms with van der Waals surface area (Å²) in [6, 6.07) is 7.35. The second-order valence-corrected chi connectivity index (χ2v) is 4.06. The van der Waals surface area contributed by atoms with Gasteiger partial charge in [-0.25, -0.2) is 9.79 Å². The lowest BCUT2D eigenvalue weighted by molar-refractivity contribution is -0.130. The van der Waals surface area contributed by atoms with Gasteiger partial charge in [0.1, 0.15) is 6.26 Å². The van der Waals surface area contributed by atoms with Crippen molar-refractivity contribution in [3.8, 4) is 0 Å². The Bertz CT molecular complexity index is 576. The summed E-state index contributed by atoms with van der Waals surface area (Å²) < 4.78 is 9.97. The van der Waals surface area contributed by atoms with Crippen molar-refractivity contribution in [1.82, 2.24) is 0 Å². The number of cyclic esters (lactones) is 1. The van der Waals surface area contributed by atoms with E-state index < -0.39 is 5.97 Å². The van der Waals surface area contributed by atoms with Gasteiger partial charge in [0.05, 0.1) is 6.61 Å². The van der Waals surface area contributed by atoms with Crippen LogP contribution in [0.3, 0.4) is 0 Å². The van der Waals surface area contributed by atoms with Gasteiger partial charge in [0.25, 0.3) is 0 Å². The first-order chi connectivity index (χ1) is 9.20. The first kappa shape index (κ1) is 13.4. The van der Waals surface area contributed by atoms with E-state index >= 15 is 0 Å². The molecule has 0 N–H and O–H groups in total. The zero-order chi connectivity index (χ0) is 13.7. The van der Waals surface area contributed by atoms with Gasteiger partial charge in [-0.1, -0.05) is 29.8 Å². The van der Waals surface area contributed by atoms with E-state index in [1.807, 2.05) is 25.1 Å². The summed E-state index contributed by atoms with van der Waals surface area (Å²) in [5.41, 5.74) is 0.978. The molecule has 0 aromatic heterocycles. The van der Waals surface area contributed by atoms with Crippen molar-refractivity contribution in [3.63, 3.8) is 0 Å². The van der Waals surface area contributed by atoms with Crippen molar-refractivity contribution < 1.29 is 14.3 Å². The van der Waals surface area contributed by atoms with Gasteiger partial charge in [-0.15, -0.1) is 0 Å². The predicted octanol–water partition coefficient (Wildman–Crippen LogP) is 3.19. The van der Waals surface area contributed by atoms with Gasteiger partial charge in [0, 0.05) is 11.1 Å². The fourth-order valence-corrected chi connectivity index (χ4v) is 1.61. The van der Waals surface area contributed by atoms with Crippen molar-refractivity contribution in [2.75, 3.05) is 6.61 Å². The van der Waals surface area contributed by atoms with Crippen LogP contribution in [0.4, 0.5) is 0 Å². The lowest BCUT2D eigenvalue weighted by atomic mass is 10.2.